The molecule has 0 spiro atoms. The average molecular weight is 331 g/mol. The van der Waals surface area contributed by atoms with Gasteiger partial charge in [-0.15, -0.1) is 0 Å². The van der Waals surface area contributed by atoms with Crippen LogP contribution < -0.4 is 5.32 Å². The molecule has 5 nitrogen and oxygen atoms in total. The zero-order valence-corrected chi connectivity index (χ0v) is 14.6. The molecule has 0 aromatic heterocycles. The third kappa shape index (κ3) is 3.82. The van der Waals surface area contributed by atoms with Crippen LogP contribution in [0.3, 0.4) is 0 Å². The van der Waals surface area contributed by atoms with Gasteiger partial charge in [0.2, 0.25) is 5.91 Å². The SMILES string of the molecule is C[C@H]1CCCC[C@H]1OCCNC(=O)C1(S(C)(=O)=O)CCCC1. The third-order valence-corrected chi connectivity index (χ3v) is 7.30. The van der Waals surface area contributed by atoms with E-state index >= 15 is 0 Å². The van der Waals surface area contributed by atoms with Gasteiger partial charge in [0.05, 0.1) is 12.7 Å². The normalized spacial score (nSPS) is 28.5. The van der Waals surface area contributed by atoms with E-state index in [2.05, 4.69) is 12.2 Å². The summed E-state index contributed by atoms with van der Waals surface area (Å²) in [7, 11) is -3.38. The van der Waals surface area contributed by atoms with Gasteiger partial charge < -0.3 is 10.1 Å². The van der Waals surface area contributed by atoms with E-state index in [0.29, 0.717) is 31.9 Å². The Kier molecular flexibility index (Phi) is 5.88. The maximum absolute atomic E-state index is 12.4. The summed E-state index contributed by atoms with van der Waals surface area (Å²) in [6.07, 6.45) is 8.71. The fourth-order valence-electron chi connectivity index (χ4n) is 3.78. The van der Waals surface area contributed by atoms with Crippen LogP contribution in [0.1, 0.15) is 58.3 Å². The number of carbonyl (C=O) groups is 1. The van der Waals surface area contributed by atoms with E-state index in [0.717, 1.165) is 19.3 Å². The fraction of sp³-hybridized carbons (Fsp3) is 0.938. The lowest BCUT2D eigenvalue weighted by atomic mass is 9.88. The number of hydrogen-bond acceptors (Lipinski definition) is 4. The second-order valence-corrected chi connectivity index (χ2v) is 9.23. The van der Waals surface area contributed by atoms with Crippen LogP contribution in [0.4, 0.5) is 0 Å². The lowest BCUT2D eigenvalue weighted by molar-refractivity contribution is -0.124. The van der Waals surface area contributed by atoms with Gasteiger partial charge in [-0.3, -0.25) is 4.79 Å². The first-order valence-electron chi connectivity index (χ1n) is 8.46. The molecule has 0 aliphatic heterocycles. The van der Waals surface area contributed by atoms with E-state index in [9.17, 15) is 13.2 Å². The molecule has 0 unspecified atom stereocenters. The van der Waals surface area contributed by atoms with Crippen molar-refractivity contribution in [3.05, 3.63) is 0 Å². The van der Waals surface area contributed by atoms with Crippen molar-refractivity contribution in [2.45, 2.75) is 69.1 Å². The van der Waals surface area contributed by atoms with Gasteiger partial charge in [0.25, 0.3) is 0 Å². The van der Waals surface area contributed by atoms with E-state index in [1.807, 2.05) is 0 Å². The van der Waals surface area contributed by atoms with Crippen LogP contribution >= 0.6 is 0 Å². The molecule has 2 aliphatic rings. The van der Waals surface area contributed by atoms with Gasteiger partial charge in [-0.1, -0.05) is 32.6 Å². The Hall–Kier alpha value is -0.620. The van der Waals surface area contributed by atoms with Gasteiger partial charge in [0.1, 0.15) is 4.75 Å². The van der Waals surface area contributed by atoms with Crippen molar-refractivity contribution < 1.29 is 17.9 Å². The number of rotatable bonds is 6. The molecule has 0 saturated heterocycles. The molecule has 2 fully saturated rings. The molecule has 22 heavy (non-hydrogen) atoms. The van der Waals surface area contributed by atoms with Crippen molar-refractivity contribution in [1.29, 1.82) is 0 Å². The highest BCUT2D eigenvalue weighted by Crippen LogP contribution is 2.36. The quantitative estimate of drug-likeness (QED) is 0.756. The van der Waals surface area contributed by atoms with Gasteiger partial charge in [-0.05, 0) is 31.6 Å². The standard InChI is InChI=1S/C16H29NO4S/c1-13-7-3-4-8-14(13)21-12-11-17-15(18)16(22(2,19)20)9-5-6-10-16/h13-14H,3-12H2,1-2H3,(H,17,18)/t13-,14+/m0/s1. The molecule has 1 amide bonds. The van der Waals surface area contributed by atoms with E-state index in [1.54, 1.807) is 0 Å². The largest absolute Gasteiger partial charge is 0.376 e. The summed E-state index contributed by atoms with van der Waals surface area (Å²) < 4.78 is 28.7. The van der Waals surface area contributed by atoms with Crippen molar-refractivity contribution in [2.24, 2.45) is 5.92 Å². The van der Waals surface area contributed by atoms with Crippen LogP contribution in [-0.2, 0) is 19.4 Å². The second kappa shape index (κ2) is 7.30. The average Bonchev–Trinajstić information content (AvgIpc) is 2.95. The topological polar surface area (TPSA) is 72.5 Å². The Morgan fingerprint density at radius 3 is 2.41 bits per heavy atom. The van der Waals surface area contributed by atoms with Crippen molar-refractivity contribution in [1.82, 2.24) is 5.32 Å². The molecule has 2 rings (SSSR count). The minimum Gasteiger partial charge on any atom is -0.376 e. The first-order chi connectivity index (χ1) is 10.4. The lowest BCUT2D eigenvalue weighted by Gasteiger charge is -2.29. The first-order valence-corrected chi connectivity index (χ1v) is 10.4. The zero-order valence-electron chi connectivity index (χ0n) is 13.8. The van der Waals surface area contributed by atoms with Crippen molar-refractivity contribution in [2.75, 3.05) is 19.4 Å². The van der Waals surface area contributed by atoms with Gasteiger partial charge in [0.15, 0.2) is 9.84 Å². The van der Waals surface area contributed by atoms with Gasteiger partial charge in [0, 0.05) is 12.8 Å². The highest BCUT2D eigenvalue weighted by molar-refractivity contribution is 7.92. The number of ether oxygens (including phenoxy) is 1. The predicted molar refractivity (Wildman–Crippen MR) is 86.4 cm³/mol. The van der Waals surface area contributed by atoms with Crippen molar-refractivity contribution in [3.8, 4) is 0 Å². The van der Waals surface area contributed by atoms with Gasteiger partial charge in [-0.25, -0.2) is 8.42 Å². The van der Waals surface area contributed by atoms with Crippen LogP contribution in [-0.4, -0.2) is 44.6 Å². The Morgan fingerprint density at radius 2 is 1.82 bits per heavy atom. The Morgan fingerprint density at radius 1 is 1.18 bits per heavy atom. The molecule has 6 heteroatoms. The summed E-state index contributed by atoms with van der Waals surface area (Å²) in [5.74, 6) is 0.231. The monoisotopic (exact) mass is 331 g/mol. The molecule has 1 N–H and O–H groups in total. The summed E-state index contributed by atoms with van der Waals surface area (Å²) in [5.41, 5.74) is 0. The minimum atomic E-state index is -3.38. The fourth-order valence-corrected chi connectivity index (χ4v) is 5.22. The summed E-state index contributed by atoms with van der Waals surface area (Å²) in [6.45, 7) is 3.06. The highest BCUT2D eigenvalue weighted by Gasteiger charge is 2.49. The van der Waals surface area contributed by atoms with Crippen LogP contribution in [0.25, 0.3) is 0 Å². The number of sulfone groups is 1. The number of nitrogens with one attached hydrogen (secondary N) is 1. The summed E-state index contributed by atoms with van der Waals surface area (Å²) in [4.78, 5) is 12.4. The molecule has 0 aromatic carbocycles. The molecular formula is C16H29NO4S. The smallest absolute Gasteiger partial charge is 0.241 e. The molecule has 2 aliphatic carbocycles. The Bertz CT molecular complexity index is 482. The van der Waals surface area contributed by atoms with E-state index < -0.39 is 14.6 Å². The van der Waals surface area contributed by atoms with E-state index in [-0.39, 0.29) is 12.0 Å². The second-order valence-electron chi connectivity index (χ2n) is 6.90. The molecule has 0 aromatic rings. The summed E-state index contributed by atoms with van der Waals surface area (Å²) in [6, 6.07) is 0. The molecule has 2 atom stereocenters. The van der Waals surface area contributed by atoms with Gasteiger partial charge in [-0.2, -0.15) is 0 Å². The Balaban J connectivity index is 1.80. The molecule has 2 saturated carbocycles. The lowest BCUT2D eigenvalue weighted by Crippen LogP contribution is -2.51. The molecule has 0 bridgehead atoms. The van der Waals surface area contributed by atoms with Crippen LogP contribution in [0.5, 0.6) is 0 Å². The van der Waals surface area contributed by atoms with E-state index in [1.165, 1.54) is 25.5 Å². The van der Waals surface area contributed by atoms with E-state index in [4.69, 9.17) is 4.74 Å². The minimum absolute atomic E-state index is 0.279. The highest BCUT2D eigenvalue weighted by atomic mass is 32.2. The number of carbonyl (C=O) groups excluding carboxylic acids is 1. The first kappa shape index (κ1) is 17.7. The molecular weight excluding hydrogens is 302 g/mol. The molecule has 0 radical (unpaired) electrons. The predicted octanol–water partition coefficient (Wildman–Crippen LogP) is 2.06. The molecule has 0 heterocycles. The maximum Gasteiger partial charge on any atom is 0.241 e. The summed E-state index contributed by atoms with van der Waals surface area (Å²) >= 11 is 0. The van der Waals surface area contributed by atoms with Crippen molar-refractivity contribution in [3.63, 3.8) is 0 Å². The van der Waals surface area contributed by atoms with Crippen LogP contribution in [0, 0.1) is 5.92 Å². The number of hydrogen-bond donors (Lipinski definition) is 1. The third-order valence-electron chi connectivity index (χ3n) is 5.29. The zero-order chi connectivity index (χ0) is 16.2. The maximum atomic E-state index is 12.4. The Labute approximate surface area is 134 Å². The summed E-state index contributed by atoms with van der Waals surface area (Å²) in [5, 5.41) is 2.78. The van der Waals surface area contributed by atoms with Crippen LogP contribution in [0.2, 0.25) is 0 Å². The van der Waals surface area contributed by atoms with Crippen molar-refractivity contribution >= 4 is 15.7 Å². The number of amides is 1. The van der Waals surface area contributed by atoms with Gasteiger partial charge >= 0.3 is 0 Å². The molecule has 128 valence electrons. The van der Waals surface area contributed by atoms with Crippen LogP contribution in [0.15, 0.2) is 0 Å².